The predicted molar refractivity (Wildman–Crippen MR) is 170 cm³/mol. The second-order valence-corrected chi connectivity index (χ2v) is 9.44. The first kappa shape index (κ1) is 32.0. The molecule has 0 aliphatic carbocycles. The van der Waals surface area contributed by atoms with Crippen LogP contribution in [0.25, 0.3) is 0 Å². The van der Waals surface area contributed by atoms with Gasteiger partial charge in [-0.1, -0.05) is 19.1 Å². The molecule has 4 rings (SSSR count). The van der Waals surface area contributed by atoms with Gasteiger partial charge in [-0.3, -0.25) is 14.4 Å². The van der Waals surface area contributed by atoms with Crippen LogP contribution in [0.5, 0.6) is 17.2 Å². The van der Waals surface area contributed by atoms with Crippen LogP contribution in [-0.4, -0.2) is 43.1 Å². The quantitative estimate of drug-likeness (QED) is 0.0639. The van der Waals surface area contributed by atoms with E-state index in [1.165, 1.54) is 18.3 Å². The van der Waals surface area contributed by atoms with Crippen LogP contribution >= 0.6 is 0 Å². The third-order valence-electron chi connectivity index (χ3n) is 6.08. The van der Waals surface area contributed by atoms with Gasteiger partial charge in [0.2, 0.25) is 0 Å². The summed E-state index contributed by atoms with van der Waals surface area (Å²) < 4.78 is 16.3. The summed E-state index contributed by atoms with van der Waals surface area (Å²) in [6.45, 7) is 5.00. The van der Waals surface area contributed by atoms with Crippen LogP contribution in [0.1, 0.15) is 46.5 Å². The number of hydrogen-bond acceptors (Lipinski definition) is 8. The number of para-hydroxylation sites is 1. The average molecular weight is 609 g/mol. The predicted octanol–water partition coefficient (Wildman–Crippen LogP) is 5.43. The number of nitrogens with one attached hydrogen (secondary N) is 3. The standard InChI is InChI=1S/C34H32N4O7/c1-3-21-44-27-17-11-24(12-18-27)34(42)45-28-15-9-23(10-16-28)22-35-38-33(41)32(40)37-30-8-6-5-7-29(30)31(39)36-25-13-19-26(20-14-25)43-4-2/h5-20,22H,3-4,21H2,1-2H3,(H,36,39)(H,37,40)(H,38,41). The second-order valence-electron chi connectivity index (χ2n) is 9.44. The molecule has 4 aromatic rings. The zero-order valence-electron chi connectivity index (χ0n) is 24.7. The van der Waals surface area contributed by atoms with Crippen LogP contribution in [0.4, 0.5) is 11.4 Å². The highest BCUT2D eigenvalue weighted by Crippen LogP contribution is 2.20. The number of rotatable bonds is 12. The first-order chi connectivity index (χ1) is 21.9. The molecule has 0 aromatic heterocycles. The maximum atomic E-state index is 12.9. The Labute approximate surface area is 260 Å². The number of amides is 3. The number of esters is 1. The number of carbonyl (C=O) groups excluding carboxylic acids is 4. The summed E-state index contributed by atoms with van der Waals surface area (Å²) in [7, 11) is 0. The lowest BCUT2D eigenvalue weighted by molar-refractivity contribution is -0.136. The minimum absolute atomic E-state index is 0.149. The largest absolute Gasteiger partial charge is 0.494 e. The van der Waals surface area contributed by atoms with E-state index < -0.39 is 23.7 Å². The molecule has 0 bridgehead atoms. The molecule has 3 N–H and O–H groups in total. The van der Waals surface area contributed by atoms with E-state index in [0.717, 1.165) is 6.42 Å². The van der Waals surface area contributed by atoms with Crippen LogP contribution in [0.2, 0.25) is 0 Å². The van der Waals surface area contributed by atoms with Gasteiger partial charge in [-0.15, -0.1) is 0 Å². The third-order valence-corrected chi connectivity index (χ3v) is 6.08. The third kappa shape index (κ3) is 9.52. The van der Waals surface area contributed by atoms with Crippen molar-refractivity contribution in [2.24, 2.45) is 5.10 Å². The van der Waals surface area contributed by atoms with Crippen molar-refractivity contribution < 1.29 is 33.4 Å². The molecule has 0 unspecified atom stereocenters. The van der Waals surface area contributed by atoms with Gasteiger partial charge in [0, 0.05) is 5.69 Å². The number of hydrazone groups is 1. The van der Waals surface area contributed by atoms with Gasteiger partial charge in [-0.25, -0.2) is 10.2 Å². The van der Waals surface area contributed by atoms with Gasteiger partial charge in [-0.2, -0.15) is 5.10 Å². The molecule has 0 heterocycles. The molecule has 4 aromatic carbocycles. The average Bonchev–Trinajstić information content (AvgIpc) is 3.06. The Hall–Kier alpha value is -5.97. The molecular formula is C34H32N4O7. The Morgan fingerprint density at radius 2 is 1.36 bits per heavy atom. The highest BCUT2D eigenvalue weighted by atomic mass is 16.5. The Kier molecular flexibility index (Phi) is 11.4. The lowest BCUT2D eigenvalue weighted by Crippen LogP contribution is -2.33. The fourth-order valence-electron chi connectivity index (χ4n) is 3.88. The summed E-state index contributed by atoms with van der Waals surface area (Å²) in [5.41, 5.74) is 3.95. The summed E-state index contributed by atoms with van der Waals surface area (Å²) in [6.07, 6.45) is 2.21. The van der Waals surface area contributed by atoms with Gasteiger partial charge in [0.25, 0.3) is 5.91 Å². The number of carbonyl (C=O) groups is 4. The number of nitrogens with zero attached hydrogens (tertiary/aromatic N) is 1. The van der Waals surface area contributed by atoms with Gasteiger partial charge in [0.1, 0.15) is 17.2 Å². The van der Waals surface area contributed by atoms with E-state index >= 15 is 0 Å². The normalized spacial score (nSPS) is 10.5. The van der Waals surface area contributed by atoms with E-state index in [0.29, 0.717) is 47.3 Å². The van der Waals surface area contributed by atoms with E-state index in [-0.39, 0.29) is 11.3 Å². The molecule has 0 aliphatic heterocycles. The van der Waals surface area contributed by atoms with Crippen LogP contribution in [0.15, 0.2) is 102 Å². The van der Waals surface area contributed by atoms with Gasteiger partial charge in [0.15, 0.2) is 0 Å². The van der Waals surface area contributed by atoms with E-state index in [2.05, 4.69) is 21.2 Å². The molecule has 0 saturated carbocycles. The maximum absolute atomic E-state index is 12.9. The van der Waals surface area contributed by atoms with Gasteiger partial charge < -0.3 is 24.8 Å². The van der Waals surface area contributed by atoms with Crippen molar-refractivity contribution >= 4 is 41.3 Å². The zero-order chi connectivity index (χ0) is 32.0. The Morgan fingerprint density at radius 3 is 2.04 bits per heavy atom. The molecule has 0 aliphatic rings. The van der Waals surface area contributed by atoms with E-state index in [4.69, 9.17) is 14.2 Å². The van der Waals surface area contributed by atoms with Crippen molar-refractivity contribution in [3.63, 3.8) is 0 Å². The molecule has 0 saturated heterocycles. The first-order valence-corrected chi connectivity index (χ1v) is 14.2. The second kappa shape index (κ2) is 16.0. The Bertz CT molecular complexity index is 1650. The molecule has 0 spiro atoms. The number of hydrogen-bond donors (Lipinski definition) is 3. The SMILES string of the molecule is CCCOc1ccc(C(=O)Oc2ccc(C=NNC(=O)C(=O)Nc3ccccc3C(=O)Nc3ccc(OCC)cc3)cc2)cc1. The lowest BCUT2D eigenvalue weighted by Gasteiger charge is -2.11. The van der Waals surface area contributed by atoms with Crippen molar-refractivity contribution in [3.05, 3.63) is 114 Å². The van der Waals surface area contributed by atoms with Gasteiger partial charge in [0.05, 0.1) is 36.2 Å². The summed E-state index contributed by atoms with van der Waals surface area (Å²) in [6, 6.07) is 26.2. The van der Waals surface area contributed by atoms with Crippen molar-refractivity contribution in [3.8, 4) is 17.2 Å². The fourth-order valence-corrected chi connectivity index (χ4v) is 3.88. The summed E-state index contributed by atoms with van der Waals surface area (Å²) >= 11 is 0. The summed E-state index contributed by atoms with van der Waals surface area (Å²) in [5, 5.41) is 9.00. The Balaban J connectivity index is 1.27. The molecule has 3 amide bonds. The summed E-state index contributed by atoms with van der Waals surface area (Å²) in [5.74, 6) is -1.38. The highest BCUT2D eigenvalue weighted by molar-refractivity contribution is 6.40. The minimum atomic E-state index is -1.04. The van der Waals surface area contributed by atoms with E-state index in [1.807, 2.05) is 13.8 Å². The monoisotopic (exact) mass is 608 g/mol. The molecule has 0 radical (unpaired) electrons. The molecule has 11 nitrogen and oxygen atoms in total. The molecular weight excluding hydrogens is 576 g/mol. The molecule has 0 fully saturated rings. The highest BCUT2D eigenvalue weighted by Gasteiger charge is 2.18. The lowest BCUT2D eigenvalue weighted by atomic mass is 10.1. The smallest absolute Gasteiger partial charge is 0.343 e. The van der Waals surface area contributed by atoms with Gasteiger partial charge >= 0.3 is 17.8 Å². The van der Waals surface area contributed by atoms with Crippen molar-refractivity contribution in [2.75, 3.05) is 23.8 Å². The first-order valence-electron chi connectivity index (χ1n) is 14.2. The summed E-state index contributed by atoms with van der Waals surface area (Å²) in [4.78, 5) is 50.2. The van der Waals surface area contributed by atoms with Gasteiger partial charge in [-0.05, 0) is 104 Å². The zero-order valence-corrected chi connectivity index (χ0v) is 24.7. The number of ether oxygens (including phenoxy) is 3. The van der Waals surface area contributed by atoms with Crippen LogP contribution < -0.4 is 30.3 Å². The fraction of sp³-hybridized carbons (Fsp3) is 0.147. The van der Waals surface area contributed by atoms with Crippen molar-refractivity contribution in [2.45, 2.75) is 20.3 Å². The molecule has 0 atom stereocenters. The number of anilines is 2. The van der Waals surface area contributed by atoms with Crippen molar-refractivity contribution in [1.29, 1.82) is 0 Å². The maximum Gasteiger partial charge on any atom is 0.343 e. The van der Waals surface area contributed by atoms with Crippen LogP contribution in [-0.2, 0) is 9.59 Å². The topological polar surface area (TPSA) is 144 Å². The Morgan fingerprint density at radius 1 is 0.711 bits per heavy atom. The van der Waals surface area contributed by atoms with Crippen molar-refractivity contribution in [1.82, 2.24) is 5.43 Å². The van der Waals surface area contributed by atoms with Crippen LogP contribution in [0, 0.1) is 0 Å². The molecule has 11 heteroatoms. The van der Waals surface area contributed by atoms with E-state index in [1.54, 1.807) is 84.9 Å². The van der Waals surface area contributed by atoms with E-state index in [9.17, 15) is 19.2 Å². The van der Waals surface area contributed by atoms with Crippen LogP contribution in [0.3, 0.4) is 0 Å². The minimum Gasteiger partial charge on any atom is -0.494 e. The molecule has 230 valence electrons. The number of benzene rings is 4. The molecule has 45 heavy (non-hydrogen) atoms.